The fraction of sp³-hybridized carbons (Fsp3) is 0.632. The lowest BCUT2D eigenvalue weighted by Gasteiger charge is -2.36. The standard InChI is InChI=1S/C19H26F3N3O/c20-19(21,22)16-5-4-6-17(13-16)23-18(26)25-11-7-15(8-12-25)14-24-9-2-1-3-10-24/h4-6,13,15H,1-3,7-12,14H2,(H,23,26). The molecule has 0 radical (unpaired) electrons. The second-order valence-electron chi connectivity index (χ2n) is 7.30. The number of hydrogen-bond acceptors (Lipinski definition) is 2. The van der Waals surface area contributed by atoms with Crippen molar-refractivity contribution in [2.24, 2.45) is 5.92 Å². The van der Waals surface area contributed by atoms with Gasteiger partial charge in [-0.2, -0.15) is 13.2 Å². The Labute approximate surface area is 152 Å². The fourth-order valence-corrected chi connectivity index (χ4v) is 3.80. The van der Waals surface area contributed by atoms with Crippen LogP contribution in [-0.4, -0.2) is 48.6 Å². The normalized spacial score (nSPS) is 20.2. The van der Waals surface area contributed by atoms with Gasteiger partial charge in [-0.25, -0.2) is 4.79 Å². The second-order valence-corrected chi connectivity index (χ2v) is 7.30. The molecule has 2 saturated heterocycles. The van der Waals surface area contributed by atoms with Crippen molar-refractivity contribution in [3.05, 3.63) is 29.8 Å². The van der Waals surface area contributed by atoms with Gasteiger partial charge in [0.25, 0.3) is 0 Å². The maximum Gasteiger partial charge on any atom is 0.416 e. The van der Waals surface area contributed by atoms with Gasteiger partial charge in [0.2, 0.25) is 0 Å². The molecule has 1 N–H and O–H groups in total. The summed E-state index contributed by atoms with van der Waals surface area (Å²) < 4.78 is 38.3. The number of piperidine rings is 2. The van der Waals surface area contributed by atoms with Crippen LogP contribution in [0.3, 0.4) is 0 Å². The maximum absolute atomic E-state index is 12.8. The Bertz CT molecular complexity index is 606. The number of benzene rings is 1. The Morgan fingerprint density at radius 2 is 1.77 bits per heavy atom. The van der Waals surface area contributed by atoms with Crippen LogP contribution in [0.4, 0.5) is 23.7 Å². The zero-order chi connectivity index (χ0) is 18.6. The van der Waals surface area contributed by atoms with Gasteiger partial charge in [-0.15, -0.1) is 0 Å². The molecule has 144 valence electrons. The molecule has 2 heterocycles. The van der Waals surface area contributed by atoms with E-state index in [1.54, 1.807) is 4.90 Å². The van der Waals surface area contributed by atoms with Crippen LogP contribution in [-0.2, 0) is 6.18 Å². The van der Waals surface area contributed by atoms with Gasteiger partial charge in [-0.1, -0.05) is 12.5 Å². The van der Waals surface area contributed by atoms with Gasteiger partial charge >= 0.3 is 12.2 Å². The molecule has 2 aliphatic rings. The summed E-state index contributed by atoms with van der Waals surface area (Å²) in [5, 5.41) is 2.60. The maximum atomic E-state index is 12.8. The molecule has 0 spiro atoms. The average molecular weight is 369 g/mol. The van der Waals surface area contributed by atoms with Gasteiger partial charge in [0.1, 0.15) is 0 Å². The van der Waals surface area contributed by atoms with Gasteiger partial charge in [0, 0.05) is 25.3 Å². The van der Waals surface area contributed by atoms with Crippen molar-refractivity contribution >= 4 is 11.7 Å². The Morgan fingerprint density at radius 3 is 2.42 bits per heavy atom. The number of carbonyl (C=O) groups is 1. The summed E-state index contributed by atoms with van der Waals surface area (Å²) in [5.74, 6) is 0.603. The lowest BCUT2D eigenvalue weighted by Crippen LogP contribution is -2.44. The Kier molecular flexibility index (Phi) is 6.06. The van der Waals surface area contributed by atoms with E-state index in [9.17, 15) is 18.0 Å². The van der Waals surface area contributed by atoms with Crippen molar-refractivity contribution in [2.45, 2.75) is 38.3 Å². The zero-order valence-corrected chi connectivity index (χ0v) is 14.9. The molecule has 4 nitrogen and oxygen atoms in total. The number of anilines is 1. The number of hydrogen-bond donors (Lipinski definition) is 1. The highest BCUT2D eigenvalue weighted by Gasteiger charge is 2.31. The average Bonchev–Trinajstić information content (AvgIpc) is 2.63. The van der Waals surface area contributed by atoms with Gasteiger partial charge in [0.15, 0.2) is 0 Å². The van der Waals surface area contributed by atoms with Gasteiger partial charge in [-0.3, -0.25) is 0 Å². The van der Waals surface area contributed by atoms with Crippen LogP contribution in [0.5, 0.6) is 0 Å². The molecule has 0 atom stereocenters. The van der Waals surface area contributed by atoms with Crippen LogP contribution in [0.1, 0.15) is 37.7 Å². The molecular weight excluding hydrogens is 343 g/mol. The van der Waals surface area contributed by atoms with Crippen molar-refractivity contribution in [3.8, 4) is 0 Å². The van der Waals surface area contributed by atoms with Crippen molar-refractivity contribution < 1.29 is 18.0 Å². The van der Waals surface area contributed by atoms with E-state index in [4.69, 9.17) is 0 Å². The van der Waals surface area contributed by atoms with Crippen LogP contribution in [0.2, 0.25) is 0 Å². The molecule has 0 saturated carbocycles. The third-order valence-corrected chi connectivity index (χ3v) is 5.31. The highest BCUT2D eigenvalue weighted by molar-refractivity contribution is 5.89. The fourth-order valence-electron chi connectivity index (χ4n) is 3.80. The first-order valence-corrected chi connectivity index (χ1v) is 9.37. The van der Waals surface area contributed by atoms with Crippen molar-refractivity contribution in [2.75, 3.05) is 38.0 Å². The van der Waals surface area contributed by atoms with E-state index >= 15 is 0 Å². The second kappa shape index (κ2) is 8.29. The van der Waals surface area contributed by atoms with E-state index in [0.29, 0.717) is 19.0 Å². The van der Waals surface area contributed by atoms with E-state index in [2.05, 4.69) is 10.2 Å². The smallest absolute Gasteiger partial charge is 0.325 e. The third kappa shape index (κ3) is 5.13. The molecule has 0 bridgehead atoms. The first kappa shape index (κ1) is 19.0. The van der Waals surface area contributed by atoms with E-state index in [0.717, 1.165) is 31.5 Å². The number of amides is 2. The minimum absolute atomic E-state index is 0.181. The molecule has 1 aromatic rings. The summed E-state index contributed by atoms with van der Waals surface area (Å²) >= 11 is 0. The first-order chi connectivity index (χ1) is 12.4. The van der Waals surface area contributed by atoms with Gasteiger partial charge in [0.05, 0.1) is 5.56 Å². The lowest BCUT2D eigenvalue weighted by molar-refractivity contribution is -0.137. The van der Waals surface area contributed by atoms with E-state index in [1.807, 2.05) is 0 Å². The molecule has 0 unspecified atom stereocenters. The molecule has 2 fully saturated rings. The quantitative estimate of drug-likeness (QED) is 0.855. The minimum Gasteiger partial charge on any atom is -0.325 e. The molecule has 0 aliphatic carbocycles. The Balaban J connectivity index is 1.48. The predicted molar refractivity (Wildman–Crippen MR) is 95.1 cm³/mol. The van der Waals surface area contributed by atoms with Crippen molar-refractivity contribution in [1.29, 1.82) is 0 Å². The molecule has 7 heteroatoms. The monoisotopic (exact) mass is 369 g/mol. The largest absolute Gasteiger partial charge is 0.416 e. The van der Waals surface area contributed by atoms with Crippen LogP contribution in [0.25, 0.3) is 0 Å². The van der Waals surface area contributed by atoms with E-state index in [1.165, 1.54) is 44.5 Å². The van der Waals surface area contributed by atoms with E-state index < -0.39 is 11.7 Å². The number of nitrogens with zero attached hydrogens (tertiary/aromatic N) is 2. The number of carbonyl (C=O) groups excluding carboxylic acids is 1. The number of alkyl halides is 3. The van der Waals surface area contributed by atoms with Gasteiger partial charge in [-0.05, 0) is 62.9 Å². The summed E-state index contributed by atoms with van der Waals surface area (Å²) in [4.78, 5) is 16.6. The van der Waals surface area contributed by atoms with Crippen LogP contribution >= 0.6 is 0 Å². The molecule has 1 aromatic carbocycles. The highest BCUT2D eigenvalue weighted by Crippen LogP contribution is 2.30. The van der Waals surface area contributed by atoms with E-state index in [-0.39, 0.29) is 11.7 Å². The summed E-state index contributed by atoms with van der Waals surface area (Å²) in [6.07, 6.45) is 1.37. The molecule has 26 heavy (non-hydrogen) atoms. The number of rotatable bonds is 3. The molecule has 2 amide bonds. The number of halogens is 3. The minimum atomic E-state index is -4.41. The lowest BCUT2D eigenvalue weighted by atomic mass is 9.95. The van der Waals surface area contributed by atoms with Crippen LogP contribution in [0, 0.1) is 5.92 Å². The summed E-state index contributed by atoms with van der Waals surface area (Å²) in [5.41, 5.74) is -0.573. The van der Waals surface area contributed by atoms with Crippen molar-refractivity contribution in [3.63, 3.8) is 0 Å². The highest BCUT2D eigenvalue weighted by atomic mass is 19.4. The number of likely N-dealkylation sites (tertiary alicyclic amines) is 2. The summed E-state index contributed by atoms with van der Waals surface area (Å²) in [6, 6.07) is 4.45. The SMILES string of the molecule is O=C(Nc1cccc(C(F)(F)F)c1)N1CCC(CN2CCCCC2)CC1. The topological polar surface area (TPSA) is 35.6 Å². The first-order valence-electron chi connectivity index (χ1n) is 9.37. The van der Waals surface area contributed by atoms with Crippen LogP contribution < -0.4 is 5.32 Å². The third-order valence-electron chi connectivity index (χ3n) is 5.31. The van der Waals surface area contributed by atoms with Crippen LogP contribution in [0.15, 0.2) is 24.3 Å². The summed E-state index contributed by atoms with van der Waals surface area (Å²) in [6.45, 7) is 4.77. The van der Waals surface area contributed by atoms with Crippen molar-refractivity contribution in [1.82, 2.24) is 9.80 Å². The summed E-state index contributed by atoms with van der Waals surface area (Å²) in [7, 11) is 0. The molecule has 3 rings (SSSR count). The molecule has 2 aliphatic heterocycles. The zero-order valence-electron chi connectivity index (χ0n) is 14.9. The molecule has 0 aromatic heterocycles. The predicted octanol–water partition coefficient (Wildman–Crippen LogP) is 4.44. The Morgan fingerprint density at radius 1 is 1.08 bits per heavy atom. The van der Waals surface area contributed by atoms with Gasteiger partial charge < -0.3 is 15.1 Å². The number of urea groups is 1. The Hall–Kier alpha value is -1.76. The number of nitrogens with one attached hydrogen (secondary N) is 1. The molecular formula is C19H26F3N3O.